The molecule has 0 saturated heterocycles. The monoisotopic (exact) mass is 794 g/mol. The average Bonchev–Trinajstić information content (AvgIpc) is 3.90. The van der Waals surface area contributed by atoms with E-state index in [0.29, 0.717) is 0 Å². The van der Waals surface area contributed by atoms with E-state index in [0.717, 1.165) is 111 Å². The van der Waals surface area contributed by atoms with Crippen LogP contribution in [0.15, 0.2) is 239 Å². The molecule has 62 heavy (non-hydrogen) atoms. The largest absolute Gasteiger partial charge is 0.456 e. The lowest BCUT2D eigenvalue weighted by molar-refractivity contribution is 0.668. The van der Waals surface area contributed by atoms with E-state index >= 15 is 0 Å². The van der Waals surface area contributed by atoms with Gasteiger partial charge in [-0.05, 0) is 107 Å². The molecule has 0 amide bonds. The molecule has 2 aromatic heterocycles. The SMILES string of the molecule is c1ccc(-c2cc(N(c3ccccc3)c3ccc4c(c3)oc3ccccc34)c3cc(N(c4ccccc4)c4ccc5c(c4)oc4ccccc45)c(-c4ccccc4)cc3c2)cc1. The minimum Gasteiger partial charge on any atom is -0.456 e. The van der Waals surface area contributed by atoms with Gasteiger partial charge < -0.3 is 18.6 Å². The van der Waals surface area contributed by atoms with E-state index in [1.807, 2.05) is 24.3 Å². The number of hydrogen-bond acceptors (Lipinski definition) is 4. The van der Waals surface area contributed by atoms with E-state index in [4.69, 9.17) is 8.83 Å². The zero-order chi connectivity index (χ0) is 41.0. The van der Waals surface area contributed by atoms with Gasteiger partial charge in [0, 0.05) is 67.4 Å². The summed E-state index contributed by atoms with van der Waals surface area (Å²) in [5.74, 6) is 0. The Bertz CT molecular complexity index is 3580. The Morgan fingerprint density at radius 1 is 0.258 bits per heavy atom. The molecule has 0 unspecified atom stereocenters. The lowest BCUT2D eigenvalue weighted by Crippen LogP contribution is -2.13. The highest BCUT2D eigenvalue weighted by atomic mass is 16.3. The molecule has 10 aromatic carbocycles. The molecule has 2 heterocycles. The van der Waals surface area contributed by atoms with E-state index in [1.54, 1.807) is 0 Å². The highest BCUT2D eigenvalue weighted by Gasteiger charge is 2.24. The molecule has 12 aromatic rings. The Morgan fingerprint density at radius 2 is 0.710 bits per heavy atom. The number of nitrogens with zero attached hydrogens (tertiary/aromatic N) is 2. The van der Waals surface area contributed by atoms with Gasteiger partial charge in [-0.15, -0.1) is 0 Å². The molecule has 0 fully saturated rings. The Hall–Kier alpha value is -8.34. The van der Waals surface area contributed by atoms with Crippen LogP contribution in [0.4, 0.5) is 34.1 Å². The molecular formula is C58H38N2O2. The van der Waals surface area contributed by atoms with Crippen LogP contribution < -0.4 is 9.80 Å². The maximum absolute atomic E-state index is 6.52. The Balaban J connectivity index is 1.17. The molecular weight excluding hydrogens is 757 g/mol. The van der Waals surface area contributed by atoms with Gasteiger partial charge in [0.15, 0.2) is 0 Å². The number of para-hydroxylation sites is 4. The first-order valence-corrected chi connectivity index (χ1v) is 21.0. The van der Waals surface area contributed by atoms with Crippen molar-refractivity contribution in [1.82, 2.24) is 0 Å². The molecule has 4 nitrogen and oxygen atoms in total. The summed E-state index contributed by atoms with van der Waals surface area (Å²) >= 11 is 0. The third-order valence-corrected chi connectivity index (χ3v) is 12.0. The van der Waals surface area contributed by atoms with Crippen LogP contribution in [0.3, 0.4) is 0 Å². The minimum atomic E-state index is 0.844. The molecule has 292 valence electrons. The van der Waals surface area contributed by atoms with Gasteiger partial charge in [-0.2, -0.15) is 0 Å². The van der Waals surface area contributed by atoms with E-state index in [1.165, 1.54) is 0 Å². The van der Waals surface area contributed by atoms with Crippen molar-refractivity contribution in [3.05, 3.63) is 231 Å². The third kappa shape index (κ3) is 6.08. The average molecular weight is 795 g/mol. The molecule has 0 spiro atoms. The highest BCUT2D eigenvalue weighted by Crippen LogP contribution is 2.49. The number of rotatable bonds is 8. The van der Waals surface area contributed by atoms with Gasteiger partial charge in [0.2, 0.25) is 0 Å². The lowest BCUT2D eigenvalue weighted by atomic mass is 9.93. The van der Waals surface area contributed by atoms with E-state index in [-0.39, 0.29) is 0 Å². The van der Waals surface area contributed by atoms with E-state index < -0.39 is 0 Å². The Morgan fingerprint density at radius 3 is 1.26 bits per heavy atom. The summed E-state index contributed by atoms with van der Waals surface area (Å²) in [6, 6.07) is 81.8. The zero-order valence-electron chi connectivity index (χ0n) is 33.7. The molecule has 0 atom stereocenters. The van der Waals surface area contributed by atoms with Crippen molar-refractivity contribution in [3.63, 3.8) is 0 Å². The van der Waals surface area contributed by atoms with Gasteiger partial charge in [0.05, 0.1) is 11.4 Å². The van der Waals surface area contributed by atoms with Crippen LogP contribution in [-0.2, 0) is 0 Å². The summed E-state index contributed by atoms with van der Waals surface area (Å²) in [5.41, 5.74) is 14.1. The van der Waals surface area contributed by atoms with Crippen molar-refractivity contribution in [1.29, 1.82) is 0 Å². The molecule has 0 saturated carbocycles. The second-order valence-corrected chi connectivity index (χ2v) is 15.7. The molecule has 0 aliphatic carbocycles. The first kappa shape index (κ1) is 35.6. The number of anilines is 6. The number of benzene rings is 10. The maximum Gasteiger partial charge on any atom is 0.137 e. The van der Waals surface area contributed by atoms with Gasteiger partial charge in [-0.3, -0.25) is 0 Å². The maximum atomic E-state index is 6.52. The predicted octanol–water partition coefficient (Wildman–Crippen LogP) is 16.9. The second-order valence-electron chi connectivity index (χ2n) is 15.7. The summed E-state index contributed by atoms with van der Waals surface area (Å²) in [7, 11) is 0. The molecule has 0 radical (unpaired) electrons. The minimum absolute atomic E-state index is 0.844. The van der Waals surface area contributed by atoms with Crippen LogP contribution in [0.5, 0.6) is 0 Å². The van der Waals surface area contributed by atoms with Crippen LogP contribution in [-0.4, -0.2) is 0 Å². The standard InChI is InChI=1S/C58H38N2O2/c1-5-17-39(18-6-1)41-33-42-34-51(40-19-7-2-8-20-40)54(60(44-23-11-4-12-24-44)46-30-32-50-48-26-14-16-28-56(48)62-58(50)37-46)38-52(42)53(35-41)59(43-21-9-3-10-22-43)45-29-31-49-47-25-13-15-27-55(47)61-57(49)36-45/h1-38H. The smallest absolute Gasteiger partial charge is 0.137 e. The molecule has 0 bridgehead atoms. The van der Waals surface area contributed by atoms with Crippen molar-refractivity contribution >= 4 is 88.8 Å². The predicted molar refractivity (Wildman–Crippen MR) is 259 cm³/mol. The van der Waals surface area contributed by atoms with Crippen molar-refractivity contribution in [2.75, 3.05) is 9.80 Å². The Kier molecular flexibility index (Phi) is 8.46. The lowest BCUT2D eigenvalue weighted by Gasteiger charge is -2.31. The fourth-order valence-corrected chi connectivity index (χ4v) is 9.11. The van der Waals surface area contributed by atoms with Crippen molar-refractivity contribution < 1.29 is 8.83 Å². The van der Waals surface area contributed by atoms with E-state index in [9.17, 15) is 0 Å². The summed E-state index contributed by atoms with van der Waals surface area (Å²) in [6.07, 6.45) is 0. The van der Waals surface area contributed by atoms with Gasteiger partial charge >= 0.3 is 0 Å². The number of hydrogen-bond donors (Lipinski definition) is 0. The molecule has 12 rings (SSSR count). The van der Waals surface area contributed by atoms with Crippen LogP contribution >= 0.6 is 0 Å². The highest BCUT2D eigenvalue weighted by molar-refractivity contribution is 6.11. The topological polar surface area (TPSA) is 32.8 Å². The number of furan rings is 2. The van der Waals surface area contributed by atoms with E-state index in [2.05, 4.69) is 216 Å². The fraction of sp³-hybridized carbons (Fsp3) is 0. The Labute approximate surface area is 358 Å². The molecule has 4 heteroatoms. The van der Waals surface area contributed by atoms with Gasteiger partial charge in [-0.1, -0.05) is 133 Å². The van der Waals surface area contributed by atoms with Crippen LogP contribution in [0.1, 0.15) is 0 Å². The first-order valence-electron chi connectivity index (χ1n) is 21.0. The summed E-state index contributed by atoms with van der Waals surface area (Å²) in [6.45, 7) is 0. The third-order valence-electron chi connectivity index (χ3n) is 12.0. The molecule has 0 aliphatic heterocycles. The van der Waals surface area contributed by atoms with Gasteiger partial charge in [0.1, 0.15) is 22.3 Å². The fourth-order valence-electron chi connectivity index (χ4n) is 9.11. The normalized spacial score (nSPS) is 11.5. The van der Waals surface area contributed by atoms with Crippen molar-refractivity contribution in [2.24, 2.45) is 0 Å². The van der Waals surface area contributed by atoms with Crippen molar-refractivity contribution in [3.8, 4) is 22.3 Å². The van der Waals surface area contributed by atoms with Gasteiger partial charge in [0.25, 0.3) is 0 Å². The van der Waals surface area contributed by atoms with Crippen molar-refractivity contribution in [2.45, 2.75) is 0 Å². The van der Waals surface area contributed by atoms with Crippen LogP contribution in [0.2, 0.25) is 0 Å². The molecule has 0 N–H and O–H groups in total. The quantitative estimate of drug-likeness (QED) is 0.153. The first-order chi connectivity index (χ1) is 30.7. The summed E-state index contributed by atoms with van der Waals surface area (Å²) in [5, 5.41) is 6.62. The van der Waals surface area contributed by atoms with Crippen LogP contribution in [0, 0.1) is 0 Å². The summed E-state index contributed by atoms with van der Waals surface area (Å²) < 4.78 is 13.0. The molecule has 0 aliphatic rings. The van der Waals surface area contributed by atoms with Crippen LogP contribution in [0.25, 0.3) is 76.9 Å². The zero-order valence-corrected chi connectivity index (χ0v) is 33.7. The van der Waals surface area contributed by atoms with Gasteiger partial charge in [-0.25, -0.2) is 0 Å². The second kappa shape index (κ2) is 14.7. The summed E-state index contributed by atoms with van der Waals surface area (Å²) in [4.78, 5) is 4.75. The number of fused-ring (bicyclic) bond motifs is 7.